The first-order valence-electron chi connectivity index (χ1n) is 7.26. The fourth-order valence-corrected chi connectivity index (χ4v) is 3.63. The zero-order valence-corrected chi connectivity index (χ0v) is 12.0. The smallest absolute Gasteiger partial charge is 0.0221 e. The number of fused-ring (bicyclic) bond motifs is 4. The molecular formula is C20H18. The first-order chi connectivity index (χ1) is 9.67. The van der Waals surface area contributed by atoms with Crippen LogP contribution >= 0.6 is 0 Å². The molecule has 0 N–H and O–H groups in total. The molecule has 2 aromatic carbocycles. The lowest BCUT2D eigenvalue weighted by molar-refractivity contribution is 0.558. The Balaban J connectivity index is 1.96. The Labute approximate surface area is 120 Å². The highest BCUT2D eigenvalue weighted by atomic mass is 14.4. The van der Waals surface area contributed by atoms with E-state index < -0.39 is 0 Å². The highest BCUT2D eigenvalue weighted by molar-refractivity contribution is 5.76. The van der Waals surface area contributed by atoms with Gasteiger partial charge in [0.2, 0.25) is 0 Å². The lowest BCUT2D eigenvalue weighted by Crippen LogP contribution is -2.32. The number of aryl methyl sites for hydroxylation is 1. The highest BCUT2D eigenvalue weighted by Gasteiger charge is 2.36. The van der Waals surface area contributed by atoms with Crippen molar-refractivity contribution in [1.82, 2.24) is 0 Å². The zero-order valence-electron chi connectivity index (χ0n) is 12.0. The summed E-state index contributed by atoms with van der Waals surface area (Å²) in [6.45, 7) is 4.55. The van der Waals surface area contributed by atoms with E-state index in [0.29, 0.717) is 0 Å². The van der Waals surface area contributed by atoms with E-state index in [4.69, 9.17) is 0 Å². The fourth-order valence-electron chi connectivity index (χ4n) is 3.63. The summed E-state index contributed by atoms with van der Waals surface area (Å²) >= 11 is 0. The van der Waals surface area contributed by atoms with Crippen LogP contribution in [0.4, 0.5) is 0 Å². The minimum atomic E-state index is 0.117. The Hall–Kier alpha value is -2.08. The summed E-state index contributed by atoms with van der Waals surface area (Å²) in [5, 5.41) is 0. The average molecular weight is 258 g/mol. The second-order valence-corrected chi connectivity index (χ2v) is 6.23. The number of hydrogen-bond acceptors (Lipinski definition) is 0. The van der Waals surface area contributed by atoms with Crippen LogP contribution in [0.15, 0.2) is 54.1 Å². The van der Waals surface area contributed by atoms with Crippen molar-refractivity contribution < 1.29 is 0 Å². The first-order valence-corrected chi connectivity index (χ1v) is 7.26. The lowest BCUT2D eigenvalue weighted by atomic mass is 9.64. The van der Waals surface area contributed by atoms with Crippen molar-refractivity contribution >= 4 is 12.2 Å². The third-order valence-electron chi connectivity index (χ3n) is 4.79. The predicted octanol–water partition coefficient (Wildman–Crippen LogP) is 4.92. The van der Waals surface area contributed by atoms with E-state index in [-0.39, 0.29) is 5.41 Å². The molecule has 0 saturated heterocycles. The van der Waals surface area contributed by atoms with Gasteiger partial charge in [0, 0.05) is 5.41 Å². The second kappa shape index (κ2) is 3.96. The second-order valence-electron chi connectivity index (χ2n) is 6.23. The lowest BCUT2D eigenvalue weighted by Gasteiger charge is -2.39. The van der Waals surface area contributed by atoms with Gasteiger partial charge in [0.1, 0.15) is 0 Å². The van der Waals surface area contributed by atoms with E-state index in [2.05, 4.69) is 74.5 Å². The Morgan fingerprint density at radius 1 is 0.950 bits per heavy atom. The van der Waals surface area contributed by atoms with Crippen LogP contribution in [-0.4, -0.2) is 0 Å². The maximum Gasteiger partial charge on any atom is 0.0221 e. The van der Waals surface area contributed by atoms with E-state index in [1.807, 2.05) is 0 Å². The number of benzene rings is 2. The molecule has 0 spiro atoms. The van der Waals surface area contributed by atoms with Gasteiger partial charge >= 0.3 is 0 Å². The maximum absolute atomic E-state index is 2.38. The quantitative estimate of drug-likeness (QED) is 0.629. The van der Waals surface area contributed by atoms with E-state index >= 15 is 0 Å². The molecular weight excluding hydrogens is 240 g/mol. The van der Waals surface area contributed by atoms with Crippen molar-refractivity contribution in [2.75, 3.05) is 0 Å². The van der Waals surface area contributed by atoms with Crippen molar-refractivity contribution in [2.45, 2.75) is 25.7 Å². The van der Waals surface area contributed by atoms with Gasteiger partial charge in [-0.2, -0.15) is 0 Å². The van der Waals surface area contributed by atoms with E-state index in [9.17, 15) is 0 Å². The third-order valence-corrected chi connectivity index (χ3v) is 4.79. The van der Waals surface area contributed by atoms with E-state index in [0.717, 1.165) is 6.42 Å². The summed E-state index contributed by atoms with van der Waals surface area (Å²) in [6.07, 6.45) is 8.02. The van der Waals surface area contributed by atoms with Gasteiger partial charge in [-0.05, 0) is 41.2 Å². The van der Waals surface area contributed by atoms with Crippen LogP contribution in [0, 0.1) is 6.92 Å². The highest BCUT2D eigenvalue weighted by Crippen LogP contribution is 2.46. The van der Waals surface area contributed by atoms with E-state index in [1.54, 1.807) is 0 Å². The van der Waals surface area contributed by atoms with Gasteiger partial charge in [0.25, 0.3) is 0 Å². The predicted molar refractivity (Wildman–Crippen MR) is 85.7 cm³/mol. The Morgan fingerprint density at radius 2 is 1.80 bits per heavy atom. The van der Waals surface area contributed by atoms with Crippen molar-refractivity contribution in [2.24, 2.45) is 0 Å². The van der Waals surface area contributed by atoms with Gasteiger partial charge in [-0.25, -0.2) is 0 Å². The zero-order chi connectivity index (χ0) is 13.7. The standard InChI is InChI=1S/C20H18/c1-14-7-10-19-16(11-14)8-9-18-12-15-5-3-4-6-17(15)13-20(18,19)2/h3-12H,13H2,1-2H3. The topological polar surface area (TPSA) is 0 Å². The van der Waals surface area contributed by atoms with Crippen LogP contribution in [0.3, 0.4) is 0 Å². The fraction of sp³-hybridized carbons (Fsp3) is 0.200. The van der Waals surface area contributed by atoms with Crippen LogP contribution in [0.25, 0.3) is 12.2 Å². The molecule has 0 heteroatoms. The van der Waals surface area contributed by atoms with Crippen LogP contribution in [0.2, 0.25) is 0 Å². The summed E-state index contributed by atoms with van der Waals surface area (Å²) in [7, 11) is 0. The van der Waals surface area contributed by atoms with Gasteiger partial charge in [0.15, 0.2) is 0 Å². The van der Waals surface area contributed by atoms with Gasteiger partial charge in [-0.15, -0.1) is 0 Å². The van der Waals surface area contributed by atoms with Gasteiger partial charge in [0.05, 0.1) is 0 Å². The summed E-state index contributed by atoms with van der Waals surface area (Å²) in [5.74, 6) is 0. The van der Waals surface area contributed by atoms with Crippen molar-refractivity contribution in [3.8, 4) is 0 Å². The third kappa shape index (κ3) is 1.54. The summed E-state index contributed by atoms with van der Waals surface area (Å²) in [6, 6.07) is 15.6. The molecule has 0 fully saturated rings. The summed E-state index contributed by atoms with van der Waals surface area (Å²) < 4.78 is 0. The molecule has 2 aliphatic carbocycles. The molecule has 0 nitrogen and oxygen atoms in total. The first kappa shape index (κ1) is 11.7. The molecule has 2 aromatic rings. The van der Waals surface area contributed by atoms with Crippen molar-refractivity contribution in [3.05, 3.63) is 81.9 Å². The summed E-state index contributed by atoms with van der Waals surface area (Å²) in [5.41, 5.74) is 8.57. The number of hydrogen-bond donors (Lipinski definition) is 0. The molecule has 0 aliphatic heterocycles. The largest absolute Gasteiger partial charge is 0.0620 e. The van der Waals surface area contributed by atoms with E-state index in [1.165, 1.54) is 33.4 Å². The number of allylic oxidation sites excluding steroid dienone is 2. The monoisotopic (exact) mass is 258 g/mol. The molecule has 1 atom stereocenters. The van der Waals surface area contributed by atoms with Crippen molar-refractivity contribution in [1.29, 1.82) is 0 Å². The molecule has 0 aromatic heterocycles. The van der Waals surface area contributed by atoms with Crippen LogP contribution in [0.1, 0.15) is 34.7 Å². The van der Waals surface area contributed by atoms with Crippen LogP contribution < -0.4 is 0 Å². The van der Waals surface area contributed by atoms with Gasteiger partial charge in [-0.3, -0.25) is 0 Å². The summed E-state index contributed by atoms with van der Waals surface area (Å²) in [4.78, 5) is 0. The molecule has 1 unspecified atom stereocenters. The molecule has 0 saturated carbocycles. The molecule has 4 rings (SSSR count). The maximum atomic E-state index is 2.38. The van der Waals surface area contributed by atoms with Crippen molar-refractivity contribution in [3.63, 3.8) is 0 Å². The Bertz CT molecular complexity index is 761. The molecule has 2 aliphatic rings. The average Bonchev–Trinajstić information content (AvgIpc) is 2.44. The van der Waals surface area contributed by atoms with Crippen LogP contribution in [-0.2, 0) is 11.8 Å². The molecule has 98 valence electrons. The minimum Gasteiger partial charge on any atom is -0.0620 e. The minimum absolute atomic E-state index is 0.117. The van der Waals surface area contributed by atoms with Crippen LogP contribution in [0.5, 0.6) is 0 Å². The molecule has 0 amide bonds. The molecule has 20 heavy (non-hydrogen) atoms. The SMILES string of the molecule is Cc1ccc2c(c1)C=CC1=Cc3ccccc3CC12C. The molecule has 0 heterocycles. The Morgan fingerprint density at radius 3 is 2.70 bits per heavy atom. The molecule has 0 radical (unpaired) electrons. The Kier molecular flexibility index (Phi) is 2.32. The normalized spacial score (nSPS) is 22.6. The number of rotatable bonds is 0. The van der Waals surface area contributed by atoms with Gasteiger partial charge in [-0.1, -0.05) is 73.2 Å². The molecule has 0 bridgehead atoms. The van der Waals surface area contributed by atoms with Gasteiger partial charge < -0.3 is 0 Å².